The van der Waals surface area contributed by atoms with Gasteiger partial charge in [-0.2, -0.15) is 13.9 Å². The molecule has 9 heteroatoms. The predicted molar refractivity (Wildman–Crippen MR) is 113 cm³/mol. The molecule has 0 atom stereocenters. The number of hydrogen-bond donors (Lipinski definition) is 1. The van der Waals surface area contributed by atoms with Gasteiger partial charge in [0, 0.05) is 16.2 Å². The SMILES string of the molecule is O=C(COC(=O)c1nn(-c2ccccc2)c2c1CCC2)Nc1ccccc1SC(F)F. The molecule has 1 aliphatic carbocycles. The molecule has 4 rings (SSSR count). The summed E-state index contributed by atoms with van der Waals surface area (Å²) < 4.78 is 32.3. The van der Waals surface area contributed by atoms with Gasteiger partial charge in [-0.25, -0.2) is 9.48 Å². The molecule has 31 heavy (non-hydrogen) atoms. The van der Waals surface area contributed by atoms with Crippen LogP contribution in [0.3, 0.4) is 0 Å². The van der Waals surface area contributed by atoms with E-state index in [4.69, 9.17) is 4.74 Å². The van der Waals surface area contributed by atoms with Crippen molar-refractivity contribution in [2.24, 2.45) is 0 Å². The average molecular weight is 443 g/mol. The van der Waals surface area contributed by atoms with Crippen LogP contribution in [-0.2, 0) is 22.4 Å². The third kappa shape index (κ3) is 4.77. The van der Waals surface area contributed by atoms with Crippen LogP contribution in [-0.4, -0.2) is 34.0 Å². The molecule has 0 aliphatic heterocycles. The molecule has 0 unspecified atom stereocenters. The number of thioether (sulfide) groups is 1. The van der Waals surface area contributed by atoms with E-state index in [9.17, 15) is 18.4 Å². The summed E-state index contributed by atoms with van der Waals surface area (Å²) in [5, 5.41) is 6.94. The Bertz CT molecular complexity index is 1100. The number of halogens is 2. The number of carbonyl (C=O) groups excluding carboxylic acids is 2. The van der Waals surface area contributed by atoms with E-state index in [0.29, 0.717) is 11.8 Å². The van der Waals surface area contributed by atoms with Gasteiger partial charge in [-0.05, 0) is 43.5 Å². The summed E-state index contributed by atoms with van der Waals surface area (Å²) in [5.41, 5.74) is 3.11. The van der Waals surface area contributed by atoms with Crippen molar-refractivity contribution in [3.8, 4) is 5.69 Å². The monoisotopic (exact) mass is 443 g/mol. The lowest BCUT2D eigenvalue weighted by molar-refractivity contribution is -0.119. The Morgan fingerprint density at radius 2 is 1.84 bits per heavy atom. The Kier molecular flexibility index (Phi) is 6.31. The maximum absolute atomic E-state index is 12.7. The van der Waals surface area contributed by atoms with E-state index in [1.165, 1.54) is 12.1 Å². The molecule has 2 aromatic carbocycles. The van der Waals surface area contributed by atoms with Crippen molar-refractivity contribution in [1.82, 2.24) is 9.78 Å². The van der Waals surface area contributed by atoms with E-state index < -0.39 is 24.2 Å². The molecule has 0 saturated carbocycles. The lowest BCUT2D eigenvalue weighted by Crippen LogP contribution is -2.22. The van der Waals surface area contributed by atoms with Crippen molar-refractivity contribution >= 4 is 29.3 Å². The summed E-state index contributed by atoms with van der Waals surface area (Å²) in [6, 6.07) is 15.7. The lowest BCUT2D eigenvalue weighted by atomic mass is 10.2. The second-order valence-electron chi connectivity index (χ2n) is 6.87. The number of para-hydroxylation sites is 2. The highest BCUT2D eigenvalue weighted by Crippen LogP contribution is 2.32. The molecular weight excluding hydrogens is 424 g/mol. The second kappa shape index (κ2) is 9.30. The summed E-state index contributed by atoms with van der Waals surface area (Å²) in [4.78, 5) is 25.1. The minimum Gasteiger partial charge on any atom is -0.451 e. The molecule has 1 heterocycles. The van der Waals surface area contributed by atoms with Gasteiger partial charge in [0.15, 0.2) is 12.3 Å². The van der Waals surface area contributed by atoms with Crippen LogP contribution in [0.15, 0.2) is 59.5 Å². The van der Waals surface area contributed by atoms with Crippen LogP contribution in [0.1, 0.15) is 28.2 Å². The van der Waals surface area contributed by atoms with Crippen molar-refractivity contribution in [2.45, 2.75) is 29.9 Å². The van der Waals surface area contributed by atoms with Gasteiger partial charge in [-0.15, -0.1) is 0 Å². The topological polar surface area (TPSA) is 73.2 Å². The first kappa shape index (κ1) is 21.0. The maximum Gasteiger partial charge on any atom is 0.359 e. The number of carbonyl (C=O) groups is 2. The second-order valence-corrected chi connectivity index (χ2v) is 7.91. The Labute approximate surface area is 181 Å². The fourth-order valence-corrected chi connectivity index (χ4v) is 4.13. The maximum atomic E-state index is 12.7. The van der Waals surface area contributed by atoms with E-state index >= 15 is 0 Å². The Morgan fingerprint density at radius 3 is 2.61 bits per heavy atom. The molecule has 1 N–H and O–H groups in total. The summed E-state index contributed by atoms with van der Waals surface area (Å²) in [5.74, 6) is -3.91. The number of hydrogen-bond acceptors (Lipinski definition) is 5. The number of fused-ring (bicyclic) bond motifs is 1. The van der Waals surface area contributed by atoms with E-state index in [1.807, 2.05) is 30.3 Å². The van der Waals surface area contributed by atoms with Crippen LogP contribution in [0, 0.1) is 0 Å². The van der Waals surface area contributed by atoms with Gasteiger partial charge in [0.2, 0.25) is 0 Å². The Morgan fingerprint density at radius 1 is 1.10 bits per heavy atom. The molecule has 1 amide bonds. The van der Waals surface area contributed by atoms with Crippen molar-refractivity contribution < 1.29 is 23.1 Å². The Hall–Kier alpha value is -3.20. The van der Waals surface area contributed by atoms with Gasteiger partial charge in [-0.1, -0.05) is 42.1 Å². The fraction of sp³-hybridized carbons (Fsp3) is 0.227. The molecule has 0 spiro atoms. The highest BCUT2D eigenvalue weighted by Gasteiger charge is 2.28. The smallest absolute Gasteiger partial charge is 0.359 e. The number of anilines is 1. The van der Waals surface area contributed by atoms with E-state index in [2.05, 4.69) is 10.4 Å². The minimum atomic E-state index is -2.61. The third-order valence-corrected chi connectivity index (χ3v) is 5.62. The molecule has 6 nitrogen and oxygen atoms in total. The molecule has 0 fully saturated rings. The van der Waals surface area contributed by atoms with Gasteiger partial charge in [-0.3, -0.25) is 4.79 Å². The highest BCUT2D eigenvalue weighted by atomic mass is 32.2. The molecule has 0 saturated heterocycles. The van der Waals surface area contributed by atoms with Crippen LogP contribution in [0.4, 0.5) is 14.5 Å². The first-order chi connectivity index (χ1) is 15.0. The fourth-order valence-electron chi connectivity index (χ4n) is 3.54. The van der Waals surface area contributed by atoms with Gasteiger partial charge in [0.05, 0.1) is 11.4 Å². The standard InChI is InChI=1S/C22H19F2N3O3S/c23-22(24)31-18-12-5-4-10-16(18)25-19(28)13-30-21(29)20-15-9-6-11-17(15)27(26-20)14-7-2-1-3-8-14/h1-5,7-8,10,12,22H,6,9,11,13H2,(H,25,28). The number of rotatable bonds is 7. The average Bonchev–Trinajstić information content (AvgIpc) is 3.36. The number of nitrogens with zero attached hydrogens (tertiary/aromatic N) is 2. The van der Waals surface area contributed by atoms with E-state index in [-0.39, 0.29) is 16.3 Å². The van der Waals surface area contributed by atoms with Gasteiger partial charge >= 0.3 is 5.97 Å². The number of alkyl halides is 2. The van der Waals surface area contributed by atoms with Gasteiger partial charge < -0.3 is 10.1 Å². The molecule has 160 valence electrons. The summed E-state index contributed by atoms with van der Waals surface area (Å²) in [7, 11) is 0. The number of esters is 1. The quantitative estimate of drug-likeness (QED) is 0.431. The van der Waals surface area contributed by atoms with E-state index in [0.717, 1.165) is 36.2 Å². The van der Waals surface area contributed by atoms with E-state index in [1.54, 1.807) is 16.8 Å². The number of amides is 1. The highest BCUT2D eigenvalue weighted by molar-refractivity contribution is 7.99. The number of benzene rings is 2. The number of nitrogens with one attached hydrogen (secondary N) is 1. The molecule has 1 aromatic heterocycles. The molecular formula is C22H19F2N3O3S. The van der Waals surface area contributed by atoms with Gasteiger partial charge in [0.25, 0.3) is 11.7 Å². The lowest BCUT2D eigenvalue weighted by Gasteiger charge is -2.10. The first-order valence-electron chi connectivity index (χ1n) is 9.70. The zero-order valence-corrected chi connectivity index (χ0v) is 17.2. The molecule has 0 radical (unpaired) electrons. The largest absolute Gasteiger partial charge is 0.451 e. The van der Waals surface area contributed by atoms with Crippen LogP contribution >= 0.6 is 11.8 Å². The van der Waals surface area contributed by atoms with Crippen LogP contribution < -0.4 is 5.32 Å². The van der Waals surface area contributed by atoms with Crippen LogP contribution in [0.5, 0.6) is 0 Å². The van der Waals surface area contributed by atoms with Gasteiger partial charge in [0.1, 0.15) is 0 Å². The number of ether oxygens (including phenoxy) is 1. The molecule has 0 bridgehead atoms. The zero-order chi connectivity index (χ0) is 21.8. The Balaban J connectivity index is 1.44. The third-order valence-electron chi connectivity index (χ3n) is 4.84. The number of aromatic nitrogens is 2. The summed E-state index contributed by atoms with van der Waals surface area (Å²) >= 11 is 0.334. The van der Waals surface area contributed by atoms with Crippen LogP contribution in [0.2, 0.25) is 0 Å². The first-order valence-corrected chi connectivity index (χ1v) is 10.6. The molecule has 3 aromatic rings. The van der Waals surface area contributed by atoms with Crippen molar-refractivity contribution in [3.63, 3.8) is 0 Å². The summed E-state index contributed by atoms with van der Waals surface area (Å²) in [6.45, 7) is -0.542. The van der Waals surface area contributed by atoms with Crippen molar-refractivity contribution in [2.75, 3.05) is 11.9 Å². The van der Waals surface area contributed by atoms with Crippen molar-refractivity contribution in [3.05, 3.63) is 71.5 Å². The minimum absolute atomic E-state index is 0.206. The normalized spacial score (nSPS) is 12.6. The van der Waals surface area contributed by atoms with Crippen molar-refractivity contribution in [1.29, 1.82) is 0 Å². The zero-order valence-electron chi connectivity index (χ0n) is 16.4. The predicted octanol–water partition coefficient (Wildman–Crippen LogP) is 4.47. The molecule has 1 aliphatic rings. The van der Waals surface area contributed by atoms with Crippen LogP contribution in [0.25, 0.3) is 5.69 Å². The summed E-state index contributed by atoms with van der Waals surface area (Å²) in [6.07, 6.45) is 2.44.